The first-order chi connectivity index (χ1) is 11.2. The lowest BCUT2D eigenvalue weighted by atomic mass is 9.96. The van der Waals surface area contributed by atoms with Gasteiger partial charge in [0.25, 0.3) is 0 Å². The van der Waals surface area contributed by atoms with Crippen molar-refractivity contribution in [2.24, 2.45) is 0 Å². The Morgan fingerprint density at radius 1 is 0.792 bits per heavy atom. The third-order valence-corrected chi connectivity index (χ3v) is 4.03. The molecule has 0 amide bonds. The summed E-state index contributed by atoms with van der Waals surface area (Å²) in [5, 5.41) is 85.7. The van der Waals surface area contributed by atoms with Gasteiger partial charge in [-0.3, -0.25) is 0 Å². The molecule has 142 valence electrons. The van der Waals surface area contributed by atoms with E-state index in [1.54, 1.807) is 0 Å². The van der Waals surface area contributed by atoms with Gasteiger partial charge in [0.2, 0.25) is 0 Å². The van der Waals surface area contributed by atoms with E-state index in [4.69, 9.17) is 24.4 Å². The molecule has 0 saturated carbocycles. The zero-order valence-corrected chi connectivity index (χ0v) is 12.3. The van der Waals surface area contributed by atoms with Gasteiger partial charge in [-0.1, -0.05) is 0 Å². The first-order valence-electron chi connectivity index (χ1n) is 7.20. The SMILES string of the molecule is OCC1O[C@@H](O)C(O)C(O)[C@@H]1O[C@H]1OC(C(O)O)[C@@H](O)C(O)C1O. The van der Waals surface area contributed by atoms with E-state index in [1.165, 1.54) is 0 Å². The maximum Gasteiger partial charge on any atom is 0.187 e. The standard InChI is InChI=1S/C12H22O12/c13-1-2-8(5(16)6(17)11(21)22-2)23-12-7(18)3(14)4(15)9(24-12)10(19)20/h2-21H,1H2/t2?,3?,4-,5?,6?,7?,8+,9?,11+,12-/m0/s1. The molecule has 10 atom stereocenters. The number of hydrogen-bond acceptors (Lipinski definition) is 12. The highest BCUT2D eigenvalue weighted by atomic mass is 16.7. The molecule has 0 aromatic carbocycles. The van der Waals surface area contributed by atoms with E-state index >= 15 is 0 Å². The van der Waals surface area contributed by atoms with Crippen LogP contribution in [0.3, 0.4) is 0 Å². The van der Waals surface area contributed by atoms with Crippen LogP contribution in [0.4, 0.5) is 0 Å². The number of hydrogen-bond donors (Lipinski definition) is 9. The molecule has 2 aliphatic rings. The van der Waals surface area contributed by atoms with Crippen molar-refractivity contribution in [2.75, 3.05) is 6.61 Å². The lowest BCUT2D eigenvalue weighted by Gasteiger charge is -2.45. The molecule has 2 heterocycles. The molecule has 0 radical (unpaired) electrons. The minimum atomic E-state index is -2.21. The van der Waals surface area contributed by atoms with Gasteiger partial charge in [-0.2, -0.15) is 0 Å². The van der Waals surface area contributed by atoms with Crippen LogP contribution < -0.4 is 0 Å². The average molecular weight is 358 g/mol. The molecule has 0 aromatic heterocycles. The number of aliphatic hydroxyl groups is 9. The fourth-order valence-electron chi connectivity index (χ4n) is 2.62. The van der Waals surface area contributed by atoms with Gasteiger partial charge >= 0.3 is 0 Å². The molecule has 0 aromatic rings. The van der Waals surface area contributed by atoms with E-state index in [0.29, 0.717) is 0 Å². The summed E-state index contributed by atoms with van der Waals surface area (Å²) >= 11 is 0. The van der Waals surface area contributed by atoms with E-state index in [1.807, 2.05) is 0 Å². The van der Waals surface area contributed by atoms with Crippen LogP contribution in [0.15, 0.2) is 0 Å². The Balaban J connectivity index is 2.14. The quantitative estimate of drug-likeness (QED) is 0.215. The molecule has 0 aliphatic carbocycles. The second kappa shape index (κ2) is 7.82. The number of rotatable bonds is 4. The molecule has 2 rings (SSSR count). The zero-order valence-electron chi connectivity index (χ0n) is 12.3. The highest BCUT2D eigenvalue weighted by molar-refractivity contribution is 4.94. The van der Waals surface area contributed by atoms with Crippen molar-refractivity contribution in [3.8, 4) is 0 Å². The minimum absolute atomic E-state index is 0.731. The van der Waals surface area contributed by atoms with Gasteiger partial charge in [0.15, 0.2) is 18.9 Å². The van der Waals surface area contributed by atoms with Crippen molar-refractivity contribution in [1.29, 1.82) is 0 Å². The van der Waals surface area contributed by atoms with Crippen LogP contribution in [0.2, 0.25) is 0 Å². The van der Waals surface area contributed by atoms with Gasteiger partial charge in [-0.25, -0.2) is 0 Å². The van der Waals surface area contributed by atoms with Gasteiger partial charge in [0.1, 0.15) is 48.8 Å². The van der Waals surface area contributed by atoms with E-state index in [9.17, 15) is 35.7 Å². The van der Waals surface area contributed by atoms with E-state index in [-0.39, 0.29) is 0 Å². The Kier molecular flexibility index (Phi) is 6.46. The smallest absolute Gasteiger partial charge is 0.187 e. The molecule has 24 heavy (non-hydrogen) atoms. The van der Waals surface area contributed by atoms with Crippen molar-refractivity contribution >= 4 is 0 Å². The molecule has 0 bridgehead atoms. The lowest BCUT2D eigenvalue weighted by Crippen LogP contribution is -2.65. The summed E-state index contributed by atoms with van der Waals surface area (Å²) in [6.45, 7) is -0.731. The summed E-state index contributed by atoms with van der Waals surface area (Å²) in [4.78, 5) is 0. The van der Waals surface area contributed by atoms with E-state index in [0.717, 1.165) is 0 Å². The predicted molar refractivity (Wildman–Crippen MR) is 69.8 cm³/mol. The average Bonchev–Trinajstić information content (AvgIpc) is 2.54. The van der Waals surface area contributed by atoms with Crippen LogP contribution in [0.25, 0.3) is 0 Å². The van der Waals surface area contributed by atoms with Crippen LogP contribution in [-0.4, -0.2) is 120 Å². The molecule has 2 saturated heterocycles. The van der Waals surface area contributed by atoms with Gasteiger partial charge in [0, 0.05) is 0 Å². The molecule has 0 spiro atoms. The summed E-state index contributed by atoms with van der Waals surface area (Å²) in [7, 11) is 0. The van der Waals surface area contributed by atoms with Gasteiger partial charge in [0.05, 0.1) is 6.61 Å². The zero-order chi connectivity index (χ0) is 18.2. The van der Waals surface area contributed by atoms with Crippen molar-refractivity contribution in [2.45, 2.75) is 67.7 Å². The van der Waals surface area contributed by atoms with Crippen LogP contribution in [-0.2, 0) is 14.2 Å². The molecule has 2 aliphatic heterocycles. The maximum atomic E-state index is 9.95. The third-order valence-electron chi connectivity index (χ3n) is 4.03. The highest BCUT2D eigenvalue weighted by Crippen LogP contribution is 2.29. The van der Waals surface area contributed by atoms with Gasteiger partial charge in [-0.05, 0) is 0 Å². The topological polar surface area (TPSA) is 210 Å². The Hall–Kier alpha value is -0.480. The molecule has 9 N–H and O–H groups in total. The van der Waals surface area contributed by atoms with Crippen molar-refractivity contribution in [3.63, 3.8) is 0 Å². The first kappa shape index (κ1) is 19.8. The van der Waals surface area contributed by atoms with Crippen LogP contribution in [0.1, 0.15) is 0 Å². The minimum Gasteiger partial charge on any atom is -0.394 e. The summed E-state index contributed by atoms with van der Waals surface area (Å²) in [5.41, 5.74) is 0. The molecular formula is C12H22O12. The van der Waals surface area contributed by atoms with Crippen molar-refractivity contribution in [1.82, 2.24) is 0 Å². The molecule has 2 fully saturated rings. The molecular weight excluding hydrogens is 336 g/mol. The lowest BCUT2D eigenvalue weighted by molar-refractivity contribution is -0.367. The number of aliphatic hydroxyl groups excluding tert-OH is 8. The largest absolute Gasteiger partial charge is 0.394 e. The fourth-order valence-corrected chi connectivity index (χ4v) is 2.62. The third kappa shape index (κ3) is 3.70. The monoisotopic (exact) mass is 358 g/mol. The van der Waals surface area contributed by atoms with Gasteiger partial charge in [-0.15, -0.1) is 0 Å². The normalized spacial score (nSPS) is 50.2. The van der Waals surface area contributed by atoms with Crippen LogP contribution in [0.5, 0.6) is 0 Å². The van der Waals surface area contributed by atoms with Crippen LogP contribution in [0, 0.1) is 0 Å². The molecule has 12 heteroatoms. The summed E-state index contributed by atoms with van der Waals surface area (Å²) in [5.74, 6) is 0. The Morgan fingerprint density at radius 2 is 1.42 bits per heavy atom. The maximum absolute atomic E-state index is 9.95. The fraction of sp³-hybridized carbons (Fsp3) is 1.00. The second-order valence-electron chi connectivity index (χ2n) is 5.68. The summed E-state index contributed by atoms with van der Waals surface area (Å²) < 4.78 is 15.0. The van der Waals surface area contributed by atoms with Gasteiger partial charge < -0.3 is 60.2 Å². The highest BCUT2D eigenvalue weighted by Gasteiger charge is 2.51. The Bertz CT molecular complexity index is 405. The summed E-state index contributed by atoms with van der Waals surface area (Å²) in [6.07, 6.45) is -19.3. The van der Waals surface area contributed by atoms with E-state index in [2.05, 4.69) is 0 Å². The van der Waals surface area contributed by atoms with Crippen molar-refractivity contribution in [3.05, 3.63) is 0 Å². The second-order valence-corrected chi connectivity index (χ2v) is 5.68. The van der Waals surface area contributed by atoms with E-state index < -0.39 is 74.3 Å². The molecule has 6 unspecified atom stereocenters. The Morgan fingerprint density at radius 3 is 1.96 bits per heavy atom. The summed E-state index contributed by atoms with van der Waals surface area (Å²) in [6, 6.07) is 0. The molecule has 12 nitrogen and oxygen atoms in total. The Labute approximate surface area is 135 Å². The number of ether oxygens (including phenoxy) is 3. The van der Waals surface area contributed by atoms with Crippen molar-refractivity contribution < 1.29 is 60.2 Å². The first-order valence-corrected chi connectivity index (χ1v) is 7.20. The van der Waals surface area contributed by atoms with Crippen LogP contribution >= 0.6 is 0 Å². The predicted octanol–water partition coefficient (Wildman–Crippen LogP) is -6.08.